The van der Waals surface area contributed by atoms with Gasteiger partial charge in [-0.05, 0) is 98.6 Å². The van der Waals surface area contributed by atoms with Crippen LogP contribution in [0.3, 0.4) is 0 Å². The fourth-order valence-corrected chi connectivity index (χ4v) is 12.1. The molecule has 12 heteroatoms. The number of allylic oxidation sites excluding steroid dienone is 3. The molecule has 1 aromatic heterocycles. The van der Waals surface area contributed by atoms with Crippen molar-refractivity contribution in [3.8, 4) is 23.3 Å². The lowest BCUT2D eigenvalue weighted by molar-refractivity contribution is -0.0344. The Hall–Kier alpha value is -3.02. The summed E-state index contributed by atoms with van der Waals surface area (Å²) in [6.07, 6.45) is 11.2. The molecule has 11 unspecified atom stereocenters. The summed E-state index contributed by atoms with van der Waals surface area (Å²) in [6.45, 7) is 0.448. The standard InChI is InChI=1S/C43H57N3O7S2/c44-42-34-25-55-54-24-31(23-48)40(51)38(22-30(33(34)11-17-46-42)19-32-4-2-16-45-32)53-37-21-29(7-8-35(37)49)28-6-5-26-9-13-43(15-18-47)12-1-3-27(10-14-43)41(52)39(26)36(50)20-28/h2,4-8,11,16,21,26-28,30-31,36,38-41,45-52H,1,3,10,12,14-15,17-20,22-25,44H2. The van der Waals surface area contributed by atoms with Crippen molar-refractivity contribution in [1.29, 1.82) is 0 Å². The zero-order chi connectivity index (χ0) is 38.5. The van der Waals surface area contributed by atoms with Crippen LogP contribution in [0.25, 0.3) is 0 Å². The van der Waals surface area contributed by atoms with Gasteiger partial charge in [-0.1, -0.05) is 64.1 Å². The molecule has 3 heterocycles. The number of aromatic nitrogens is 1. The van der Waals surface area contributed by atoms with E-state index in [2.05, 4.69) is 34.3 Å². The van der Waals surface area contributed by atoms with Crippen molar-refractivity contribution >= 4 is 21.6 Å². The number of fused-ring (bicyclic) bond motifs is 5. The van der Waals surface area contributed by atoms with Gasteiger partial charge < -0.3 is 51.4 Å². The predicted molar refractivity (Wildman–Crippen MR) is 218 cm³/mol. The number of hydrogen-bond acceptors (Lipinski definition) is 11. The zero-order valence-corrected chi connectivity index (χ0v) is 33.0. The summed E-state index contributed by atoms with van der Waals surface area (Å²) in [5, 5.41) is 70.5. The minimum Gasteiger partial charge on any atom is -0.504 e. The number of dihydropyridines is 1. The molecule has 0 amide bonds. The van der Waals surface area contributed by atoms with Crippen LogP contribution in [0.2, 0.25) is 0 Å². The van der Waals surface area contributed by atoms with Gasteiger partial charge in [0.25, 0.3) is 0 Å². The molecule has 3 aliphatic carbocycles. The van der Waals surface area contributed by atoms with Gasteiger partial charge in [-0.15, -0.1) is 0 Å². The van der Waals surface area contributed by atoms with Gasteiger partial charge in [0.1, 0.15) is 11.9 Å². The van der Waals surface area contributed by atoms with Gasteiger partial charge in [-0.3, -0.25) is 0 Å². The Kier molecular flexibility index (Phi) is 13.2. The van der Waals surface area contributed by atoms with Crippen LogP contribution in [0.1, 0.15) is 68.5 Å². The Bertz CT molecular complexity index is 1770. The number of nitrogens with one attached hydrogen (secondary N) is 2. The lowest BCUT2D eigenvalue weighted by atomic mass is 9.76. The first-order chi connectivity index (χ1) is 26.7. The lowest BCUT2D eigenvalue weighted by Crippen LogP contribution is -2.42. The summed E-state index contributed by atoms with van der Waals surface area (Å²) in [5.74, 6) is 7.45. The van der Waals surface area contributed by atoms with Crippen LogP contribution >= 0.6 is 21.6 Å². The molecule has 5 aliphatic rings. The Morgan fingerprint density at radius 2 is 1.89 bits per heavy atom. The van der Waals surface area contributed by atoms with Crippen molar-refractivity contribution in [2.75, 3.05) is 31.3 Å². The molecule has 11 atom stereocenters. The van der Waals surface area contributed by atoms with E-state index in [-0.39, 0.29) is 53.8 Å². The number of benzene rings is 1. The van der Waals surface area contributed by atoms with Crippen LogP contribution < -0.4 is 15.8 Å². The second-order valence-electron chi connectivity index (χ2n) is 16.2. The number of aromatic hydroxyl groups is 1. The Morgan fingerprint density at radius 1 is 1.02 bits per heavy atom. The summed E-state index contributed by atoms with van der Waals surface area (Å²) in [6, 6.07) is 9.24. The maximum atomic E-state index is 11.9. The smallest absolute Gasteiger partial charge is 0.161 e. The van der Waals surface area contributed by atoms with E-state index in [1.165, 1.54) is 0 Å². The second-order valence-corrected chi connectivity index (χ2v) is 18.7. The maximum absolute atomic E-state index is 11.9. The molecule has 10 N–H and O–H groups in total. The minimum atomic E-state index is -1.04. The van der Waals surface area contributed by atoms with E-state index in [0.717, 1.165) is 54.5 Å². The third-order valence-electron chi connectivity index (χ3n) is 12.8. The van der Waals surface area contributed by atoms with Crippen molar-refractivity contribution in [3.05, 3.63) is 83.0 Å². The average Bonchev–Trinajstić information content (AvgIpc) is 3.53. The largest absolute Gasteiger partial charge is 0.504 e. The monoisotopic (exact) mass is 791 g/mol. The fourth-order valence-electron chi connectivity index (χ4n) is 9.59. The highest BCUT2D eigenvalue weighted by Gasteiger charge is 2.43. The molecule has 1 aromatic carbocycles. The molecule has 1 saturated heterocycles. The van der Waals surface area contributed by atoms with Crippen molar-refractivity contribution in [2.24, 2.45) is 40.7 Å². The molecule has 2 fully saturated rings. The quantitative estimate of drug-likeness (QED) is 0.102. The number of phenolic OH excluding ortho intramolecular Hbond substituents is 1. The number of aliphatic hydroxyl groups is 5. The second kappa shape index (κ2) is 18.1. The highest BCUT2D eigenvalue weighted by atomic mass is 33.1. The first kappa shape index (κ1) is 40.2. The number of aliphatic hydroxyl groups excluding tert-OH is 5. The average molecular weight is 792 g/mol. The van der Waals surface area contributed by atoms with E-state index in [1.807, 2.05) is 30.5 Å². The van der Waals surface area contributed by atoms with Crippen LogP contribution in [-0.2, 0) is 6.42 Å². The van der Waals surface area contributed by atoms with Gasteiger partial charge in [0, 0.05) is 77.8 Å². The van der Waals surface area contributed by atoms with Crippen molar-refractivity contribution in [1.82, 2.24) is 10.3 Å². The molecule has 55 heavy (non-hydrogen) atoms. The van der Waals surface area contributed by atoms with E-state index in [0.29, 0.717) is 49.6 Å². The number of aromatic amines is 1. The first-order valence-electron chi connectivity index (χ1n) is 19.9. The summed E-state index contributed by atoms with van der Waals surface area (Å²) >= 11 is 0. The number of phenols is 1. The van der Waals surface area contributed by atoms with E-state index in [1.54, 1.807) is 33.7 Å². The van der Waals surface area contributed by atoms with E-state index in [4.69, 9.17) is 10.5 Å². The van der Waals surface area contributed by atoms with Crippen molar-refractivity contribution < 1.29 is 35.4 Å². The lowest BCUT2D eigenvalue weighted by Gasteiger charge is -2.34. The van der Waals surface area contributed by atoms with Crippen LogP contribution in [0.5, 0.6) is 11.5 Å². The Morgan fingerprint density at radius 3 is 2.69 bits per heavy atom. The zero-order valence-electron chi connectivity index (χ0n) is 31.4. The molecule has 2 bridgehead atoms. The van der Waals surface area contributed by atoms with E-state index in [9.17, 15) is 30.6 Å². The van der Waals surface area contributed by atoms with Gasteiger partial charge >= 0.3 is 0 Å². The SMILES string of the molecule is NC1=C2CSSCC(CO)C(O)C(Oc3cc(C4C=CC5C#CC6(CCO)CCCC(CC6)C(O)C5C(O)C4)ccc3O)CC(Cc3ccc[nH]3)C2=CCN1. The topological polar surface area (TPSA) is 184 Å². The number of hydrogen-bond donors (Lipinski definition) is 9. The van der Waals surface area contributed by atoms with Gasteiger partial charge in [0.15, 0.2) is 11.5 Å². The molecule has 2 aliphatic heterocycles. The third-order valence-corrected chi connectivity index (χ3v) is 15.2. The van der Waals surface area contributed by atoms with Crippen LogP contribution in [0.15, 0.2) is 71.7 Å². The van der Waals surface area contributed by atoms with Gasteiger partial charge in [0.2, 0.25) is 0 Å². The van der Waals surface area contributed by atoms with Crippen molar-refractivity contribution in [2.45, 2.75) is 88.1 Å². The number of H-pyrrole nitrogens is 1. The van der Waals surface area contributed by atoms with Crippen LogP contribution in [0.4, 0.5) is 0 Å². The molecule has 0 spiro atoms. The number of nitrogens with two attached hydrogens (primary N) is 1. The molecule has 10 nitrogen and oxygen atoms in total. The summed E-state index contributed by atoms with van der Waals surface area (Å²) in [4.78, 5) is 3.33. The van der Waals surface area contributed by atoms with Crippen LogP contribution in [0, 0.1) is 46.8 Å². The van der Waals surface area contributed by atoms with Crippen LogP contribution in [-0.4, -0.2) is 91.3 Å². The Labute approximate surface area is 332 Å². The number of ether oxygens (including phenoxy) is 1. The molecule has 7 rings (SSSR count). The first-order valence-corrected chi connectivity index (χ1v) is 22.4. The van der Waals surface area contributed by atoms with Crippen molar-refractivity contribution in [3.63, 3.8) is 0 Å². The van der Waals surface area contributed by atoms with Gasteiger partial charge in [-0.2, -0.15) is 0 Å². The molecular formula is C43H57N3O7S2. The Balaban J connectivity index is 1.20. The predicted octanol–water partition coefficient (Wildman–Crippen LogP) is 4.74. The van der Waals surface area contributed by atoms with E-state index >= 15 is 0 Å². The molecule has 0 radical (unpaired) electrons. The highest BCUT2D eigenvalue weighted by molar-refractivity contribution is 8.76. The summed E-state index contributed by atoms with van der Waals surface area (Å²) < 4.78 is 6.69. The third kappa shape index (κ3) is 9.09. The minimum absolute atomic E-state index is 0.0558. The molecule has 298 valence electrons. The van der Waals surface area contributed by atoms with Gasteiger partial charge in [0.05, 0.1) is 18.3 Å². The molecular weight excluding hydrogens is 735 g/mol. The number of rotatable bonds is 8. The summed E-state index contributed by atoms with van der Waals surface area (Å²) in [5.41, 5.74) is 10.3. The summed E-state index contributed by atoms with van der Waals surface area (Å²) in [7, 11) is 3.24. The molecule has 1 saturated carbocycles. The maximum Gasteiger partial charge on any atom is 0.161 e. The normalized spacial score (nSPS) is 35.5. The van der Waals surface area contributed by atoms with Gasteiger partial charge in [-0.25, -0.2) is 0 Å². The molecule has 2 aromatic rings. The fraction of sp³-hybridized carbons (Fsp3) is 0.581. The highest BCUT2D eigenvalue weighted by Crippen LogP contribution is 2.46. The van der Waals surface area contributed by atoms with E-state index < -0.39 is 36.3 Å².